The first-order valence-electron chi connectivity index (χ1n) is 7.72. The van der Waals surface area contributed by atoms with Crippen molar-refractivity contribution in [3.63, 3.8) is 0 Å². The average molecular weight is 386 g/mol. The third-order valence-corrected chi connectivity index (χ3v) is 5.38. The molecule has 4 rings (SSSR count). The standard InChI is InChI=1S/C17H14N4O3S2/c1-10-12(19-15(24-10)14-4-3-5-25-14)8-23-17(22)13-9-26-16(20-13)11-6-18-21(2)7-11/h3-7,9H,8H2,1-2H3. The highest BCUT2D eigenvalue weighted by Crippen LogP contribution is 2.27. The molecule has 0 aliphatic rings. The molecule has 132 valence electrons. The van der Waals surface area contributed by atoms with Gasteiger partial charge in [-0.15, -0.1) is 22.7 Å². The maximum Gasteiger partial charge on any atom is 0.358 e. The van der Waals surface area contributed by atoms with E-state index in [0.29, 0.717) is 17.3 Å². The predicted octanol–water partition coefficient (Wildman–Crippen LogP) is 3.93. The summed E-state index contributed by atoms with van der Waals surface area (Å²) >= 11 is 2.92. The van der Waals surface area contributed by atoms with Crippen molar-refractivity contribution in [1.29, 1.82) is 0 Å². The molecule has 7 nitrogen and oxygen atoms in total. The van der Waals surface area contributed by atoms with Crippen LogP contribution in [-0.4, -0.2) is 25.7 Å². The van der Waals surface area contributed by atoms with Gasteiger partial charge in [-0.2, -0.15) is 5.10 Å². The summed E-state index contributed by atoms with van der Waals surface area (Å²) in [6.07, 6.45) is 3.55. The van der Waals surface area contributed by atoms with Crippen LogP contribution in [0.5, 0.6) is 0 Å². The molecule has 0 aromatic carbocycles. The topological polar surface area (TPSA) is 83.0 Å². The Bertz CT molecular complexity index is 1050. The monoisotopic (exact) mass is 386 g/mol. The smallest absolute Gasteiger partial charge is 0.358 e. The van der Waals surface area contributed by atoms with E-state index < -0.39 is 5.97 Å². The third-order valence-electron chi connectivity index (χ3n) is 3.63. The van der Waals surface area contributed by atoms with Crippen molar-refractivity contribution in [1.82, 2.24) is 19.7 Å². The highest BCUT2D eigenvalue weighted by Gasteiger charge is 2.17. The molecule has 4 aromatic rings. The van der Waals surface area contributed by atoms with Crippen LogP contribution in [0.4, 0.5) is 0 Å². The van der Waals surface area contributed by atoms with Gasteiger partial charge in [0, 0.05) is 24.2 Å². The van der Waals surface area contributed by atoms with Crippen LogP contribution < -0.4 is 0 Å². The van der Waals surface area contributed by atoms with Gasteiger partial charge in [-0.3, -0.25) is 4.68 Å². The fourth-order valence-corrected chi connectivity index (χ4v) is 3.72. The van der Waals surface area contributed by atoms with Gasteiger partial charge in [0.1, 0.15) is 23.1 Å². The number of carbonyl (C=O) groups is 1. The zero-order valence-electron chi connectivity index (χ0n) is 14.0. The van der Waals surface area contributed by atoms with Crippen molar-refractivity contribution in [3.8, 4) is 21.3 Å². The van der Waals surface area contributed by atoms with Crippen molar-refractivity contribution >= 4 is 28.6 Å². The number of aryl methyl sites for hydroxylation is 2. The summed E-state index contributed by atoms with van der Waals surface area (Å²) in [4.78, 5) is 21.9. The lowest BCUT2D eigenvalue weighted by Crippen LogP contribution is -2.06. The zero-order valence-corrected chi connectivity index (χ0v) is 15.6. The second-order valence-electron chi connectivity index (χ2n) is 5.52. The number of nitrogens with zero attached hydrogens (tertiary/aromatic N) is 4. The Morgan fingerprint density at radius 3 is 2.96 bits per heavy atom. The van der Waals surface area contributed by atoms with Crippen LogP contribution in [0.25, 0.3) is 21.3 Å². The second kappa shape index (κ2) is 6.85. The molecule has 0 saturated heterocycles. The van der Waals surface area contributed by atoms with Gasteiger partial charge >= 0.3 is 5.97 Å². The highest BCUT2D eigenvalue weighted by atomic mass is 32.1. The molecule has 0 saturated carbocycles. The number of hydrogen-bond acceptors (Lipinski definition) is 8. The van der Waals surface area contributed by atoms with E-state index >= 15 is 0 Å². The number of thiazole rings is 1. The van der Waals surface area contributed by atoms with Crippen LogP contribution in [0, 0.1) is 6.92 Å². The minimum Gasteiger partial charge on any atom is -0.454 e. The molecule has 0 aliphatic carbocycles. The molecule has 0 bridgehead atoms. The van der Waals surface area contributed by atoms with Crippen molar-refractivity contribution in [3.05, 3.63) is 52.4 Å². The lowest BCUT2D eigenvalue weighted by atomic mass is 10.4. The predicted molar refractivity (Wildman–Crippen MR) is 98.0 cm³/mol. The molecule has 0 radical (unpaired) electrons. The minimum absolute atomic E-state index is 0.0410. The SMILES string of the molecule is Cc1oc(-c2cccs2)nc1COC(=O)c1csc(-c2cnn(C)c2)n1. The van der Waals surface area contributed by atoms with E-state index in [0.717, 1.165) is 15.4 Å². The number of ether oxygens (including phenoxy) is 1. The number of rotatable bonds is 5. The summed E-state index contributed by atoms with van der Waals surface area (Å²) in [5.41, 5.74) is 1.74. The molecular weight excluding hydrogens is 372 g/mol. The average Bonchev–Trinajstić information content (AvgIpc) is 3.39. The Morgan fingerprint density at radius 1 is 1.35 bits per heavy atom. The molecule has 0 fully saturated rings. The fourth-order valence-electron chi connectivity index (χ4n) is 2.31. The van der Waals surface area contributed by atoms with E-state index in [4.69, 9.17) is 9.15 Å². The first-order chi connectivity index (χ1) is 12.6. The number of aromatic nitrogens is 4. The number of carbonyl (C=O) groups excluding carboxylic acids is 1. The quantitative estimate of drug-likeness (QED) is 0.483. The van der Waals surface area contributed by atoms with Crippen LogP contribution in [0.3, 0.4) is 0 Å². The lowest BCUT2D eigenvalue weighted by molar-refractivity contribution is 0.0461. The maximum atomic E-state index is 12.3. The molecular formula is C17H14N4O3S2. The Morgan fingerprint density at radius 2 is 2.23 bits per heavy atom. The van der Waals surface area contributed by atoms with Gasteiger partial charge in [0.05, 0.1) is 11.1 Å². The fraction of sp³-hybridized carbons (Fsp3) is 0.176. The van der Waals surface area contributed by atoms with Crippen molar-refractivity contribution in [2.45, 2.75) is 13.5 Å². The number of esters is 1. The van der Waals surface area contributed by atoms with Crippen molar-refractivity contribution in [2.75, 3.05) is 0 Å². The van der Waals surface area contributed by atoms with Crippen LogP contribution >= 0.6 is 22.7 Å². The van der Waals surface area contributed by atoms with Crippen LogP contribution in [0.2, 0.25) is 0 Å². The van der Waals surface area contributed by atoms with Gasteiger partial charge < -0.3 is 9.15 Å². The van der Waals surface area contributed by atoms with Gasteiger partial charge in [0.2, 0.25) is 5.89 Å². The van der Waals surface area contributed by atoms with E-state index in [9.17, 15) is 4.79 Å². The maximum absolute atomic E-state index is 12.3. The summed E-state index contributed by atoms with van der Waals surface area (Å²) in [7, 11) is 1.83. The van der Waals surface area contributed by atoms with Gasteiger partial charge in [0.15, 0.2) is 5.69 Å². The van der Waals surface area contributed by atoms with E-state index in [1.165, 1.54) is 11.3 Å². The van der Waals surface area contributed by atoms with Crippen LogP contribution in [-0.2, 0) is 18.4 Å². The molecule has 0 aliphatic heterocycles. The van der Waals surface area contributed by atoms with Crippen molar-refractivity contribution in [2.24, 2.45) is 7.05 Å². The number of oxazole rings is 1. The lowest BCUT2D eigenvalue weighted by Gasteiger charge is -2.00. The molecule has 0 amide bonds. The number of hydrogen-bond donors (Lipinski definition) is 0. The summed E-state index contributed by atoms with van der Waals surface area (Å²) in [6.45, 7) is 1.84. The van der Waals surface area contributed by atoms with Crippen molar-refractivity contribution < 1.29 is 13.9 Å². The molecule has 0 unspecified atom stereocenters. The van der Waals surface area contributed by atoms with Crippen LogP contribution in [0.1, 0.15) is 21.9 Å². The molecule has 0 atom stereocenters. The Balaban J connectivity index is 1.44. The summed E-state index contributed by atoms with van der Waals surface area (Å²) in [5.74, 6) is 0.683. The second-order valence-corrected chi connectivity index (χ2v) is 7.32. The molecule has 0 N–H and O–H groups in total. The first kappa shape index (κ1) is 16.7. The summed E-state index contributed by atoms with van der Waals surface area (Å²) in [6, 6.07) is 3.86. The Kier molecular flexibility index (Phi) is 4.39. The van der Waals surface area contributed by atoms with E-state index in [1.807, 2.05) is 30.8 Å². The molecule has 4 heterocycles. The summed E-state index contributed by atoms with van der Waals surface area (Å²) < 4.78 is 12.7. The van der Waals surface area contributed by atoms with Gasteiger partial charge in [-0.1, -0.05) is 6.07 Å². The number of thiophene rings is 1. The molecule has 9 heteroatoms. The molecule has 0 spiro atoms. The molecule has 4 aromatic heterocycles. The normalized spacial score (nSPS) is 11.0. The van der Waals surface area contributed by atoms with Gasteiger partial charge in [0.25, 0.3) is 0 Å². The molecule has 26 heavy (non-hydrogen) atoms. The largest absolute Gasteiger partial charge is 0.454 e. The van der Waals surface area contributed by atoms with Gasteiger partial charge in [-0.25, -0.2) is 14.8 Å². The minimum atomic E-state index is -0.489. The Hall–Kier alpha value is -2.78. The van der Waals surface area contributed by atoms with E-state index in [2.05, 4.69) is 15.1 Å². The third kappa shape index (κ3) is 3.31. The van der Waals surface area contributed by atoms with Crippen LogP contribution in [0.15, 0.2) is 39.7 Å². The van der Waals surface area contributed by atoms with E-state index in [1.54, 1.807) is 34.5 Å². The zero-order chi connectivity index (χ0) is 18.1. The highest BCUT2D eigenvalue weighted by molar-refractivity contribution is 7.13. The summed E-state index contributed by atoms with van der Waals surface area (Å²) in [5, 5.41) is 8.46. The van der Waals surface area contributed by atoms with E-state index in [-0.39, 0.29) is 12.3 Å². The Labute approximate surface area is 156 Å². The first-order valence-corrected chi connectivity index (χ1v) is 9.48. The van der Waals surface area contributed by atoms with Gasteiger partial charge in [-0.05, 0) is 18.4 Å².